The van der Waals surface area contributed by atoms with Gasteiger partial charge in [0.1, 0.15) is 12.2 Å². The van der Waals surface area contributed by atoms with E-state index in [1.165, 1.54) is 5.56 Å². The van der Waals surface area contributed by atoms with E-state index in [0.29, 0.717) is 12.3 Å². The number of fused-ring (bicyclic) bond motifs is 1. The van der Waals surface area contributed by atoms with E-state index in [0.717, 1.165) is 61.5 Å². The molecule has 0 radical (unpaired) electrons. The fraction of sp³-hybridized carbons (Fsp3) is 0.609. The van der Waals surface area contributed by atoms with Gasteiger partial charge in [-0.2, -0.15) is 0 Å². The average molecular weight is 354 g/mol. The van der Waals surface area contributed by atoms with Crippen molar-refractivity contribution in [3.63, 3.8) is 0 Å². The Kier molecular flexibility index (Phi) is 5.74. The summed E-state index contributed by atoms with van der Waals surface area (Å²) >= 11 is 0. The fourth-order valence-corrected chi connectivity index (χ4v) is 5.26. The van der Waals surface area contributed by atoms with Crippen LogP contribution in [0.2, 0.25) is 0 Å². The molecule has 2 unspecified atom stereocenters. The summed E-state index contributed by atoms with van der Waals surface area (Å²) in [5.74, 6) is 0.0192. The first-order chi connectivity index (χ1) is 12.5. The second kappa shape index (κ2) is 7.85. The maximum Gasteiger partial charge on any atom is 0.151 e. The molecule has 0 N–H and O–H groups in total. The summed E-state index contributed by atoms with van der Waals surface area (Å²) in [5, 5.41) is 0. The lowest BCUT2D eigenvalue weighted by atomic mass is 9.82. The van der Waals surface area contributed by atoms with Crippen molar-refractivity contribution in [1.82, 2.24) is 0 Å². The molecule has 1 aromatic rings. The monoisotopic (exact) mass is 354 g/mol. The molecule has 0 bridgehead atoms. The zero-order valence-corrected chi connectivity index (χ0v) is 16.2. The van der Waals surface area contributed by atoms with Gasteiger partial charge < -0.3 is 4.79 Å². The van der Waals surface area contributed by atoms with Crippen LogP contribution in [0.3, 0.4) is 0 Å². The summed E-state index contributed by atoms with van der Waals surface area (Å²) in [6.45, 7) is 6.29. The highest BCUT2D eigenvalue weighted by atomic mass is 16.2. The number of hydrogen-bond acceptors (Lipinski definition) is 3. The molecule has 2 fully saturated rings. The minimum Gasteiger partial charge on any atom is -0.303 e. The van der Waals surface area contributed by atoms with E-state index in [4.69, 9.17) is 0 Å². The van der Waals surface area contributed by atoms with Gasteiger partial charge in [0.25, 0.3) is 0 Å². The minimum absolute atomic E-state index is 0.0931. The Morgan fingerprint density at radius 3 is 2.00 bits per heavy atom. The highest BCUT2D eigenvalue weighted by Gasteiger charge is 2.54. The van der Waals surface area contributed by atoms with Gasteiger partial charge in [0.2, 0.25) is 0 Å². The van der Waals surface area contributed by atoms with E-state index >= 15 is 0 Å². The van der Waals surface area contributed by atoms with Crippen molar-refractivity contribution in [2.45, 2.75) is 71.6 Å². The van der Waals surface area contributed by atoms with Gasteiger partial charge in [0.15, 0.2) is 11.6 Å². The molecule has 0 spiro atoms. The van der Waals surface area contributed by atoms with Crippen LogP contribution in [0.15, 0.2) is 12.1 Å². The Hall–Kier alpha value is -1.77. The molecule has 1 aromatic carbocycles. The summed E-state index contributed by atoms with van der Waals surface area (Å²) in [4.78, 5) is 37.0. The van der Waals surface area contributed by atoms with E-state index in [2.05, 4.69) is 32.9 Å². The molecule has 140 valence electrons. The van der Waals surface area contributed by atoms with E-state index in [1.54, 1.807) is 0 Å². The van der Waals surface area contributed by atoms with Crippen LogP contribution >= 0.6 is 0 Å². The lowest BCUT2D eigenvalue weighted by molar-refractivity contribution is -0.125. The van der Waals surface area contributed by atoms with Crippen LogP contribution in [-0.2, 0) is 27.2 Å². The standard InChI is InChI=1S/C23H30O3/c1-4-16-10-14(3)11-17(5-2)20(16)21-22(25)18-12-15(8-6-7-9-24)13-19(18)23(21)26/h9-11,15,18-19,21H,4-8,12-13H2,1-3H3. The van der Waals surface area contributed by atoms with E-state index < -0.39 is 5.92 Å². The van der Waals surface area contributed by atoms with Crippen molar-refractivity contribution in [2.75, 3.05) is 0 Å². The zero-order valence-electron chi connectivity index (χ0n) is 16.2. The van der Waals surface area contributed by atoms with Crippen LogP contribution in [0.5, 0.6) is 0 Å². The highest BCUT2D eigenvalue weighted by molar-refractivity contribution is 6.16. The van der Waals surface area contributed by atoms with Crippen molar-refractivity contribution in [3.8, 4) is 0 Å². The van der Waals surface area contributed by atoms with Crippen molar-refractivity contribution in [2.24, 2.45) is 17.8 Å². The molecule has 0 heterocycles. The summed E-state index contributed by atoms with van der Waals surface area (Å²) in [5.41, 5.74) is 4.55. The normalized spacial score (nSPS) is 27.8. The van der Waals surface area contributed by atoms with Crippen LogP contribution in [0.4, 0.5) is 0 Å². The predicted octanol–water partition coefficient (Wildman–Crippen LogP) is 4.37. The largest absolute Gasteiger partial charge is 0.303 e. The Morgan fingerprint density at radius 1 is 1.00 bits per heavy atom. The molecule has 2 aliphatic rings. The Balaban J connectivity index is 1.86. The first-order valence-electron chi connectivity index (χ1n) is 10.1. The van der Waals surface area contributed by atoms with Crippen molar-refractivity contribution in [3.05, 3.63) is 34.4 Å². The number of carbonyl (C=O) groups is 3. The lowest BCUT2D eigenvalue weighted by Gasteiger charge is -2.20. The second-order valence-electron chi connectivity index (χ2n) is 8.09. The number of aldehydes is 1. The third kappa shape index (κ3) is 3.28. The number of benzene rings is 1. The maximum absolute atomic E-state index is 13.2. The van der Waals surface area contributed by atoms with Crippen molar-refractivity contribution < 1.29 is 14.4 Å². The van der Waals surface area contributed by atoms with E-state index in [9.17, 15) is 14.4 Å². The predicted molar refractivity (Wildman–Crippen MR) is 102 cm³/mol. The van der Waals surface area contributed by atoms with Gasteiger partial charge in [-0.3, -0.25) is 9.59 Å². The second-order valence-corrected chi connectivity index (χ2v) is 8.09. The summed E-state index contributed by atoms with van der Waals surface area (Å²) in [6, 6.07) is 4.29. The van der Waals surface area contributed by atoms with E-state index in [1.807, 2.05) is 0 Å². The molecule has 0 aliphatic heterocycles. The number of hydrogen-bond donors (Lipinski definition) is 0. The fourth-order valence-electron chi connectivity index (χ4n) is 5.26. The molecule has 0 amide bonds. The van der Waals surface area contributed by atoms with Gasteiger partial charge in [-0.15, -0.1) is 0 Å². The summed E-state index contributed by atoms with van der Waals surface area (Å²) in [6.07, 6.45) is 6.74. The molecule has 26 heavy (non-hydrogen) atoms. The summed E-state index contributed by atoms with van der Waals surface area (Å²) < 4.78 is 0. The number of Topliss-reactive ketones (excluding diaryl/α,β-unsaturated/α-hetero) is 2. The quantitative estimate of drug-likeness (QED) is 0.415. The number of carbonyl (C=O) groups excluding carboxylic acids is 3. The zero-order chi connectivity index (χ0) is 18.8. The molecule has 2 atom stereocenters. The number of aryl methyl sites for hydroxylation is 3. The van der Waals surface area contributed by atoms with Crippen LogP contribution in [0.1, 0.15) is 74.1 Å². The van der Waals surface area contributed by atoms with E-state index in [-0.39, 0.29) is 23.4 Å². The molecular weight excluding hydrogens is 324 g/mol. The van der Waals surface area contributed by atoms with Gasteiger partial charge in [0, 0.05) is 18.3 Å². The van der Waals surface area contributed by atoms with Gasteiger partial charge >= 0.3 is 0 Å². The van der Waals surface area contributed by atoms with Crippen molar-refractivity contribution >= 4 is 17.9 Å². The van der Waals surface area contributed by atoms with Crippen molar-refractivity contribution in [1.29, 1.82) is 0 Å². The van der Waals surface area contributed by atoms with Gasteiger partial charge in [-0.1, -0.05) is 31.5 Å². The molecule has 2 saturated carbocycles. The van der Waals surface area contributed by atoms with Crippen LogP contribution in [0, 0.1) is 24.7 Å². The number of unbranched alkanes of at least 4 members (excludes halogenated alkanes) is 1. The third-order valence-corrected chi connectivity index (χ3v) is 6.44. The van der Waals surface area contributed by atoms with Crippen LogP contribution < -0.4 is 0 Å². The summed E-state index contributed by atoms with van der Waals surface area (Å²) in [7, 11) is 0. The molecule has 0 saturated heterocycles. The Bertz CT molecular complexity index is 669. The van der Waals surface area contributed by atoms with Gasteiger partial charge in [-0.25, -0.2) is 0 Å². The first-order valence-corrected chi connectivity index (χ1v) is 10.1. The minimum atomic E-state index is -0.536. The smallest absolute Gasteiger partial charge is 0.151 e. The topological polar surface area (TPSA) is 51.2 Å². The molecule has 3 heteroatoms. The molecule has 3 rings (SSSR count). The Morgan fingerprint density at radius 2 is 1.54 bits per heavy atom. The molecular formula is C23H30O3. The third-order valence-electron chi connectivity index (χ3n) is 6.44. The first kappa shape index (κ1) is 19.0. The Labute approximate surface area is 156 Å². The van der Waals surface area contributed by atoms with Crippen LogP contribution in [0.25, 0.3) is 0 Å². The molecule has 2 aliphatic carbocycles. The number of rotatable bonds is 7. The lowest BCUT2D eigenvalue weighted by Crippen LogP contribution is -2.21. The SMILES string of the molecule is CCc1cc(C)cc(CC)c1C1C(=O)C2CC(CCCC=O)CC2C1=O. The highest BCUT2D eigenvalue weighted by Crippen LogP contribution is 2.50. The average Bonchev–Trinajstić information content (AvgIpc) is 3.14. The van der Waals surface area contributed by atoms with Gasteiger partial charge in [0.05, 0.1) is 0 Å². The molecule has 3 nitrogen and oxygen atoms in total. The van der Waals surface area contributed by atoms with Crippen LogP contribution in [-0.4, -0.2) is 17.9 Å². The number of ketones is 2. The maximum atomic E-state index is 13.2. The van der Waals surface area contributed by atoms with Gasteiger partial charge in [-0.05, 0) is 68.1 Å². The molecule has 0 aromatic heterocycles.